The van der Waals surface area contributed by atoms with Gasteiger partial charge in [-0.25, -0.2) is 4.98 Å². The van der Waals surface area contributed by atoms with Gasteiger partial charge in [0.2, 0.25) is 5.91 Å². The van der Waals surface area contributed by atoms with Crippen molar-refractivity contribution in [3.05, 3.63) is 58.4 Å². The van der Waals surface area contributed by atoms with Crippen molar-refractivity contribution in [3.8, 4) is 5.75 Å². The number of carbonyl (C=O) groups excluding carboxylic acids is 1. The lowest BCUT2D eigenvalue weighted by atomic mass is 10.2. The van der Waals surface area contributed by atoms with E-state index in [1.54, 1.807) is 14.2 Å². The Labute approximate surface area is 177 Å². The lowest BCUT2D eigenvalue weighted by Gasteiger charge is -2.09. The molecule has 0 unspecified atom stereocenters. The van der Waals surface area contributed by atoms with Crippen LogP contribution in [-0.2, 0) is 18.9 Å². The predicted molar refractivity (Wildman–Crippen MR) is 121 cm³/mol. The number of ether oxygens (including phenoxy) is 1. The molecule has 2 aromatic carbocycles. The van der Waals surface area contributed by atoms with Crippen LogP contribution in [0.1, 0.15) is 5.56 Å². The van der Waals surface area contributed by atoms with Crippen molar-refractivity contribution in [2.75, 3.05) is 18.2 Å². The molecule has 1 amide bonds. The molecule has 0 saturated heterocycles. The highest BCUT2D eigenvalue weighted by Crippen LogP contribution is 2.29. The van der Waals surface area contributed by atoms with Crippen molar-refractivity contribution in [2.45, 2.75) is 12.1 Å². The Bertz CT molecular complexity index is 1320. The molecule has 0 spiro atoms. The quantitative estimate of drug-likeness (QED) is 0.394. The summed E-state index contributed by atoms with van der Waals surface area (Å²) in [6.45, 7) is 1.99. The number of nitrogens with one attached hydrogen (secondary N) is 1. The molecule has 0 atom stereocenters. The first-order valence-corrected chi connectivity index (χ1v) is 10.4. The Kier molecular flexibility index (Phi) is 5.26. The molecule has 0 bridgehead atoms. The van der Waals surface area contributed by atoms with Crippen molar-refractivity contribution in [1.82, 2.24) is 14.1 Å². The highest BCUT2D eigenvalue weighted by atomic mass is 32.2. The van der Waals surface area contributed by atoms with E-state index in [-0.39, 0.29) is 17.2 Å². The number of anilines is 1. The van der Waals surface area contributed by atoms with E-state index in [1.165, 1.54) is 16.3 Å². The summed E-state index contributed by atoms with van der Waals surface area (Å²) in [4.78, 5) is 30.1. The van der Waals surface area contributed by atoms with Crippen LogP contribution < -0.4 is 15.6 Å². The van der Waals surface area contributed by atoms with Crippen molar-refractivity contribution >= 4 is 45.3 Å². The van der Waals surface area contributed by atoms with E-state index in [0.717, 1.165) is 22.2 Å². The third kappa shape index (κ3) is 3.54. The van der Waals surface area contributed by atoms with Crippen LogP contribution in [0.25, 0.3) is 21.9 Å². The second-order valence-electron chi connectivity index (χ2n) is 7.10. The monoisotopic (exact) mass is 422 g/mol. The van der Waals surface area contributed by atoms with Crippen LogP contribution in [0.5, 0.6) is 5.75 Å². The number of hydrogen-bond donors (Lipinski definition) is 1. The molecule has 4 aromatic rings. The highest BCUT2D eigenvalue weighted by Gasteiger charge is 2.18. The van der Waals surface area contributed by atoms with E-state index in [1.807, 2.05) is 61.0 Å². The average molecular weight is 423 g/mol. The Morgan fingerprint density at radius 2 is 1.87 bits per heavy atom. The molecule has 30 heavy (non-hydrogen) atoms. The third-order valence-corrected chi connectivity index (χ3v) is 6.08. The number of thioether (sulfide) groups is 1. The summed E-state index contributed by atoms with van der Waals surface area (Å²) in [5, 5.41) is 4.19. The molecule has 8 heteroatoms. The van der Waals surface area contributed by atoms with Gasteiger partial charge in [-0.15, -0.1) is 0 Å². The van der Waals surface area contributed by atoms with E-state index in [9.17, 15) is 9.59 Å². The van der Waals surface area contributed by atoms with Crippen LogP contribution in [0, 0.1) is 6.92 Å². The first kappa shape index (κ1) is 20.0. The highest BCUT2D eigenvalue weighted by molar-refractivity contribution is 7.99. The molecule has 0 radical (unpaired) electrons. The number of amides is 1. The molecule has 0 aliphatic heterocycles. The molecule has 0 aliphatic rings. The molecule has 0 fully saturated rings. The summed E-state index contributed by atoms with van der Waals surface area (Å²) in [5.41, 5.74) is 3.74. The van der Waals surface area contributed by atoms with Gasteiger partial charge in [0, 0.05) is 25.2 Å². The van der Waals surface area contributed by atoms with Crippen LogP contribution >= 0.6 is 11.8 Å². The number of aryl methyl sites for hydroxylation is 2. The molecular formula is C22H22N4O3S. The van der Waals surface area contributed by atoms with E-state index < -0.39 is 0 Å². The summed E-state index contributed by atoms with van der Waals surface area (Å²) in [6, 6.07) is 13.3. The zero-order chi connectivity index (χ0) is 21.4. The largest absolute Gasteiger partial charge is 0.497 e. The van der Waals surface area contributed by atoms with Gasteiger partial charge in [-0.05, 0) is 37.3 Å². The fourth-order valence-electron chi connectivity index (χ4n) is 3.40. The molecule has 7 nitrogen and oxygen atoms in total. The van der Waals surface area contributed by atoms with Crippen molar-refractivity contribution in [2.24, 2.45) is 14.1 Å². The summed E-state index contributed by atoms with van der Waals surface area (Å²) in [6.07, 6.45) is 0. The third-order valence-electron chi connectivity index (χ3n) is 5.05. The lowest BCUT2D eigenvalue weighted by molar-refractivity contribution is -0.113. The van der Waals surface area contributed by atoms with Crippen molar-refractivity contribution < 1.29 is 9.53 Å². The fourth-order valence-corrected chi connectivity index (χ4v) is 4.16. The van der Waals surface area contributed by atoms with Crippen LogP contribution in [0.4, 0.5) is 5.69 Å². The van der Waals surface area contributed by atoms with E-state index in [0.29, 0.717) is 21.9 Å². The molecule has 1 N–H and O–H groups in total. The zero-order valence-electron chi connectivity index (χ0n) is 17.2. The standard InChI is InChI=1S/C22H22N4O3S/c1-13-5-7-14(8-6-13)23-18(27)12-30-22-24-19-16-11-15(29-4)9-10-17(16)25(2)20(19)21(28)26(22)3/h5-11H,12H2,1-4H3,(H,23,27). The molecule has 4 rings (SSSR count). The van der Waals surface area contributed by atoms with Gasteiger partial charge in [0.25, 0.3) is 5.56 Å². The minimum absolute atomic E-state index is 0.147. The first-order chi connectivity index (χ1) is 14.4. The Hall–Kier alpha value is -3.26. The lowest BCUT2D eigenvalue weighted by Crippen LogP contribution is -2.22. The molecule has 154 valence electrons. The van der Waals surface area contributed by atoms with Gasteiger partial charge < -0.3 is 14.6 Å². The van der Waals surface area contributed by atoms with Crippen LogP contribution in [-0.4, -0.2) is 32.9 Å². The predicted octanol–water partition coefficient (Wildman–Crippen LogP) is 3.47. The van der Waals surface area contributed by atoms with Crippen molar-refractivity contribution in [1.29, 1.82) is 0 Å². The fraction of sp³-hybridized carbons (Fsp3) is 0.227. The minimum Gasteiger partial charge on any atom is -0.497 e. The van der Waals surface area contributed by atoms with Crippen LogP contribution in [0.2, 0.25) is 0 Å². The molecule has 0 aliphatic carbocycles. The maximum Gasteiger partial charge on any atom is 0.278 e. The number of benzene rings is 2. The summed E-state index contributed by atoms with van der Waals surface area (Å²) >= 11 is 1.23. The van der Waals surface area contributed by atoms with E-state index in [2.05, 4.69) is 5.32 Å². The van der Waals surface area contributed by atoms with Gasteiger partial charge >= 0.3 is 0 Å². The number of hydrogen-bond acceptors (Lipinski definition) is 5. The van der Waals surface area contributed by atoms with Gasteiger partial charge in [0.1, 0.15) is 16.8 Å². The Morgan fingerprint density at radius 1 is 1.13 bits per heavy atom. The van der Waals surface area contributed by atoms with E-state index >= 15 is 0 Å². The molecule has 2 heterocycles. The summed E-state index contributed by atoms with van der Waals surface area (Å²) in [7, 11) is 5.13. The summed E-state index contributed by atoms with van der Waals surface area (Å²) in [5.74, 6) is 0.690. The van der Waals surface area contributed by atoms with Gasteiger partial charge in [0.15, 0.2) is 5.16 Å². The van der Waals surface area contributed by atoms with Gasteiger partial charge in [0.05, 0.1) is 18.4 Å². The molecule has 0 saturated carbocycles. The topological polar surface area (TPSA) is 78.2 Å². The maximum atomic E-state index is 13.0. The normalized spacial score (nSPS) is 11.2. The number of nitrogens with zero attached hydrogens (tertiary/aromatic N) is 3. The molecule has 2 aromatic heterocycles. The second kappa shape index (κ2) is 7.87. The summed E-state index contributed by atoms with van der Waals surface area (Å²) < 4.78 is 8.66. The minimum atomic E-state index is -0.155. The maximum absolute atomic E-state index is 13.0. The Balaban J connectivity index is 1.66. The number of aromatic nitrogens is 3. The first-order valence-electron chi connectivity index (χ1n) is 9.41. The molecular weight excluding hydrogens is 400 g/mol. The van der Waals surface area contributed by atoms with E-state index in [4.69, 9.17) is 9.72 Å². The number of rotatable bonds is 5. The number of methoxy groups -OCH3 is 1. The van der Waals surface area contributed by atoms with Gasteiger partial charge in [-0.3, -0.25) is 14.2 Å². The van der Waals surface area contributed by atoms with Crippen LogP contribution in [0.15, 0.2) is 52.4 Å². The van der Waals surface area contributed by atoms with Crippen LogP contribution in [0.3, 0.4) is 0 Å². The SMILES string of the molecule is COc1ccc2c(c1)c1nc(SCC(=O)Nc3ccc(C)cc3)n(C)c(=O)c1n2C. The number of carbonyl (C=O) groups is 1. The average Bonchev–Trinajstić information content (AvgIpc) is 3.02. The zero-order valence-corrected chi connectivity index (χ0v) is 18.0. The van der Waals surface area contributed by atoms with Gasteiger partial charge in [-0.1, -0.05) is 29.5 Å². The second-order valence-corrected chi connectivity index (χ2v) is 8.04. The smallest absolute Gasteiger partial charge is 0.278 e. The van der Waals surface area contributed by atoms with Crippen molar-refractivity contribution in [3.63, 3.8) is 0 Å². The van der Waals surface area contributed by atoms with Gasteiger partial charge in [-0.2, -0.15) is 0 Å². The number of fused-ring (bicyclic) bond motifs is 3. The Morgan fingerprint density at radius 3 is 2.57 bits per heavy atom.